The van der Waals surface area contributed by atoms with Gasteiger partial charge >= 0.3 is 5.97 Å². The summed E-state index contributed by atoms with van der Waals surface area (Å²) in [4.78, 5) is 24.4. The highest BCUT2D eigenvalue weighted by Gasteiger charge is 2.57. The van der Waals surface area contributed by atoms with Gasteiger partial charge in [-0.1, -0.05) is 39.7 Å². The van der Waals surface area contributed by atoms with Crippen LogP contribution in [0.15, 0.2) is 24.3 Å². The van der Waals surface area contributed by atoms with Crippen molar-refractivity contribution in [3.63, 3.8) is 0 Å². The molecule has 0 aliphatic carbocycles. The van der Waals surface area contributed by atoms with Gasteiger partial charge in [0.15, 0.2) is 5.78 Å². The lowest BCUT2D eigenvalue weighted by Gasteiger charge is -2.41. The predicted octanol–water partition coefficient (Wildman–Crippen LogP) is 3.69. The van der Waals surface area contributed by atoms with Gasteiger partial charge in [-0.25, -0.2) is 0 Å². The van der Waals surface area contributed by atoms with Crippen molar-refractivity contribution in [1.29, 1.82) is 0 Å². The van der Waals surface area contributed by atoms with E-state index in [-0.39, 0.29) is 5.78 Å². The molecule has 0 unspecified atom stereocenters. The van der Waals surface area contributed by atoms with Gasteiger partial charge in [-0.05, 0) is 38.5 Å². The molecule has 3 nitrogen and oxygen atoms in total. The Hall–Kier alpha value is -0.870. The van der Waals surface area contributed by atoms with Gasteiger partial charge in [0.1, 0.15) is 15.8 Å². The second kappa shape index (κ2) is 4.60. The molecule has 1 aliphatic rings. The molecular formula is C14H14BrClO3. The van der Waals surface area contributed by atoms with Gasteiger partial charge in [-0.15, -0.1) is 0 Å². The number of ether oxygens (including phenoxy) is 1. The molecule has 0 N–H and O–H groups in total. The molecule has 19 heavy (non-hydrogen) atoms. The van der Waals surface area contributed by atoms with Gasteiger partial charge in [0, 0.05) is 5.02 Å². The summed E-state index contributed by atoms with van der Waals surface area (Å²) in [7, 11) is 0. The molecule has 1 saturated heterocycles. The second-order valence-corrected chi connectivity index (χ2v) is 7.45. The minimum absolute atomic E-state index is 0.184. The van der Waals surface area contributed by atoms with Crippen LogP contribution in [0.2, 0.25) is 5.02 Å². The number of hydrogen-bond donors (Lipinski definition) is 0. The van der Waals surface area contributed by atoms with E-state index in [4.69, 9.17) is 16.3 Å². The van der Waals surface area contributed by atoms with Crippen molar-refractivity contribution in [3.05, 3.63) is 34.9 Å². The number of carbonyl (C=O) groups is 2. The zero-order valence-corrected chi connectivity index (χ0v) is 13.2. The molecular weight excluding hydrogens is 332 g/mol. The lowest BCUT2D eigenvalue weighted by atomic mass is 9.76. The smallest absolute Gasteiger partial charge is 0.319 e. The fourth-order valence-corrected chi connectivity index (χ4v) is 3.19. The first kappa shape index (κ1) is 14.5. The predicted molar refractivity (Wildman–Crippen MR) is 76.4 cm³/mol. The zero-order valence-electron chi connectivity index (χ0n) is 10.9. The Balaban J connectivity index is 2.45. The number of halogens is 2. The van der Waals surface area contributed by atoms with Crippen molar-refractivity contribution < 1.29 is 14.3 Å². The fraction of sp³-hybridized carbons (Fsp3) is 0.429. The SMILES string of the molecule is CC1(C)C(=O)O[C@@H](c2ccc(Cl)cc2)[C@](C)(Br)C1=O. The third-order valence-corrected chi connectivity index (χ3v) is 4.44. The number of benzene rings is 1. The summed E-state index contributed by atoms with van der Waals surface area (Å²) in [5, 5.41) is 0.591. The van der Waals surface area contributed by atoms with Crippen LogP contribution < -0.4 is 0 Å². The Morgan fingerprint density at radius 2 is 1.68 bits per heavy atom. The van der Waals surface area contributed by atoms with Gasteiger partial charge in [0.2, 0.25) is 0 Å². The van der Waals surface area contributed by atoms with E-state index in [2.05, 4.69) is 15.9 Å². The van der Waals surface area contributed by atoms with Crippen molar-refractivity contribution >= 4 is 39.3 Å². The molecule has 0 radical (unpaired) electrons. The van der Waals surface area contributed by atoms with Crippen LogP contribution in [0.25, 0.3) is 0 Å². The van der Waals surface area contributed by atoms with E-state index in [0.29, 0.717) is 5.02 Å². The molecule has 102 valence electrons. The van der Waals surface area contributed by atoms with Crippen LogP contribution in [0.5, 0.6) is 0 Å². The Bertz CT molecular complexity index is 534. The quantitative estimate of drug-likeness (QED) is 0.443. The van der Waals surface area contributed by atoms with E-state index in [1.165, 1.54) is 0 Å². The molecule has 1 aromatic carbocycles. The number of esters is 1. The summed E-state index contributed by atoms with van der Waals surface area (Å²) >= 11 is 9.26. The lowest BCUT2D eigenvalue weighted by molar-refractivity contribution is -0.175. The molecule has 0 saturated carbocycles. The standard InChI is InChI=1S/C14H14BrClO3/c1-13(2)11(17)14(3,15)10(19-12(13)18)8-4-6-9(16)7-5-8/h4-7,10H,1-3H3/t10-,14-/m0/s1. The highest BCUT2D eigenvalue weighted by Crippen LogP contribution is 2.47. The molecule has 1 heterocycles. The van der Waals surface area contributed by atoms with Crippen LogP contribution in [0, 0.1) is 5.41 Å². The third-order valence-electron chi connectivity index (χ3n) is 3.41. The van der Waals surface area contributed by atoms with E-state index in [0.717, 1.165) is 5.56 Å². The monoisotopic (exact) mass is 344 g/mol. The summed E-state index contributed by atoms with van der Waals surface area (Å²) in [6.45, 7) is 4.88. The molecule has 5 heteroatoms. The van der Waals surface area contributed by atoms with Crippen molar-refractivity contribution in [1.82, 2.24) is 0 Å². The number of ketones is 1. The highest BCUT2D eigenvalue weighted by atomic mass is 79.9. The summed E-state index contributed by atoms with van der Waals surface area (Å²) < 4.78 is 4.52. The molecule has 0 amide bonds. The van der Waals surface area contributed by atoms with Gasteiger partial charge in [0.25, 0.3) is 0 Å². The first-order valence-corrected chi connectivity index (χ1v) is 7.05. The largest absolute Gasteiger partial charge is 0.455 e. The molecule has 1 fully saturated rings. The van der Waals surface area contributed by atoms with Crippen LogP contribution in [0.4, 0.5) is 0 Å². The normalized spacial score (nSPS) is 30.1. The van der Waals surface area contributed by atoms with Crippen molar-refractivity contribution in [2.75, 3.05) is 0 Å². The van der Waals surface area contributed by atoms with Crippen LogP contribution in [0.1, 0.15) is 32.4 Å². The van der Waals surface area contributed by atoms with Gasteiger partial charge < -0.3 is 4.74 Å². The molecule has 2 atom stereocenters. The Morgan fingerprint density at radius 1 is 1.16 bits per heavy atom. The van der Waals surface area contributed by atoms with Crippen LogP contribution in [-0.2, 0) is 14.3 Å². The molecule has 0 aromatic heterocycles. The maximum atomic E-state index is 12.5. The van der Waals surface area contributed by atoms with E-state index in [1.54, 1.807) is 45.0 Å². The van der Waals surface area contributed by atoms with E-state index < -0.39 is 21.8 Å². The molecule has 2 rings (SSSR count). The van der Waals surface area contributed by atoms with E-state index in [9.17, 15) is 9.59 Å². The van der Waals surface area contributed by atoms with Crippen molar-refractivity contribution in [3.8, 4) is 0 Å². The average Bonchev–Trinajstić information content (AvgIpc) is 2.34. The summed E-state index contributed by atoms with van der Waals surface area (Å²) in [6.07, 6.45) is -0.655. The number of rotatable bonds is 1. The first-order chi connectivity index (χ1) is 8.67. The van der Waals surface area contributed by atoms with Gasteiger partial charge in [-0.3, -0.25) is 9.59 Å². The number of hydrogen-bond acceptors (Lipinski definition) is 3. The average molecular weight is 346 g/mol. The molecule has 0 bridgehead atoms. The van der Waals surface area contributed by atoms with Gasteiger partial charge in [0.05, 0.1) is 0 Å². The minimum Gasteiger partial charge on any atom is -0.455 e. The minimum atomic E-state index is -1.14. The zero-order chi connectivity index (χ0) is 14.4. The summed E-state index contributed by atoms with van der Waals surface area (Å²) in [5.74, 6) is -0.689. The lowest BCUT2D eigenvalue weighted by Crippen LogP contribution is -2.54. The molecule has 1 aliphatic heterocycles. The maximum Gasteiger partial charge on any atom is 0.319 e. The number of Topliss-reactive ketones (excluding diaryl/α,β-unsaturated/α-hetero) is 1. The van der Waals surface area contributed by atoms with E-state index in [1.807, 2.05) is 0 Å². The first-order valence-electron chi connectivity index (χ1n) is 5.87. The third kappa shape index (κ3) is 2.32. The topological polar surface area (TPSA) is 43.4 Å². The van der Waals surface area contributed by atoms with Crippen molar-refractivity contribution in [2.24, 2.45) is 5.41 Å². The van der Waals surface area contributed by atoms with Crippen LogP contribution in [-0.4, -0.2) is 16.1 Å². The number of cyclic esters (lactones) is 1. The van der Waals surface area contributed by atoms with Crippen molar-refractivity contribution in [2.45, 2.75) is 31.2 Å². The summed E-state index contributed by atoms with van der Waals surface area (Å²) in [6, 6.07) is 6.92. The maximum absolute atomic E-state index is 12.5. The Morgan fingerprint density at radius 3 is 2.21 bits per heavy atom. The highest BCUT2D eigenvalue weighted by molar-refractivity contribution is 9.10. The number of carbonyl (C=O) groups excluding carboxylic acids is 2. The number of alkyl halides is 1. The fourth-order valence-electron chi connectivity index (χ4n) is 2.21. The molecule has 1 aromatic rings. The second-order valence-electron chi connectivity index (χ2n) is 5.37. The van der Waals surface area contributed by atoms with Gasteiger partial charge in [-0.2, -0.15) is 0 Å². The van der Waals surface area contributed by atoms with Crippen LogP contribution in [0.3, 0.4) is 0 Å². The van der Waals surface area contributed by atoms with Crippen LogP contribution >= 0.6 is 27.5 Å². The molecule has 0 spiro atoms. The Labute approximate surface area is 125 Å². The Kier molecular flexibility index (Phi) is 3.52. The van der Waals surface area contributed by atoms with E-state index >= 15 is 0 Å². The summed E-state index contributed by atoms with van der Waals surface area (Å²) in [5.41, 5.74) is -0.401.